The highest BCUT2D eigenvalue weighted by Gasteiger charge is 2.10. The summed E-state index contributed by atoms with van der Waals surface area (Å²) in [4.78, 5) is 41.4. The number of ether oxygens (including phenoxy) is 1. The fraction of sp³-hybridized carbons (Fsp3) is 0.368. The lowest BCUT2D eigenvalue weighted by atomic mass is 10.3. The predicted molar refractivity (Wildman–Crippen MR) is 98.4 cm³/mol. The van der Waals surface area contributed by atoms with Crippen LogP contribution in [0.1, 0.15) is 49.0 Å². The third kappa shape index (κ3) is 21.7. The lowest BCUT2D eigenvalue weighted by molar-refractivity contribution is -0.153. The third-order valence-corrected chi connectivity index (χ3v) is 2.08. The van der Waals surface area contributed by atoms with E-state index in [1.165, 1.54) is 27.7 Å². The topological polar surface area (TPSA) is 77.5 Å². The summed E-state index contributed by atoms with van der Waals surface area (Å²) < 4.78 is 4.30. The Labute approximate surface area is 145 Å². The molecule has 0 aromatic carbocycles. The first-order valence-electron chi connectivity index (χ1n) is 6.64. The van der Waals surface area contributed by atoms with Crippen LogP contribution in [-0.4, -0.2) is 23.5 Å². The quantitative estimate of drug-likeness (QED) is 0.437. The second kappa shape index (κ2) is 15.3. The fourth-order valence-electron chi connectivity index (χ4n) is 0.258. The number of allylic oxidation sites excluding steroid dienone is 2. The molecule has 0 spiro atoms. The summed E-state index contributed by atoms with van der Waals surface area (Å²) in [5.41, 5.74) is 1.63. The van der Waals surface area contributed by atoms with Crippen molar-refractivity contribution in [3.63, 3.8) is 0 Å². The minimum absolute atomic E-state index is 0. The van der Waals surface area contributed by atoms with Gasteiger partial charge >= 0.3 is 11.9 Å². The Morgan fingerprint density at radius 3 is 0.792 bits per heavy atom. The molecular weight excluding hydrogens is 308 g/mol. The molecule has 0 aliphatic heterocycles. The van der Waals surface area contributed by atoms with Crippen LogP contribution in [0.3, 0.4) is 0 Å². The van der Waals surface area contributed by atoms with Crippen LogP contribution in [0.25, 0.3) is 0 Å². The first kappa shape index (κ1) is 29.5. The molecule has 0 aliphatic rings. The van der Waals surface area contributed by atoms with Crippen LogP contribution in [0.4, 0.5) is 0 Å². The van der Waals surface area contributed by atoms with Crippen LogP contribution in [0.15, 0.2) is 48.6 Å². The van der Waals surface area contributed by atoms with E-state index in [1.54, 1.807) is 13.8 Å². The van der Waals surface area contributed by atoms with Crippen molar-refractivity contribution in [3.05, 3.63) is 48.6 Å². The van der Waals surface area contributed by atoms with E-state index < -0.39 is 11.9 Å². The minimum Gasteiger partial charge on any atom is -0.386 e. The number of carbonyl (C=O) groups is 4. The van der Waals surface area contributed by atoms with Crippen molar-refractivity contribution in [1.82, 2.24) is 0 Å². The van der Waals surface area contributed by atoms with E-state index >= 15 is 0 Å². The molecule has 0 aromatic rings. The van der Waals surface area contributed by atoms with Crippen LogP contribution in [-0.2, 0) is 23.9 Å². The monoisotopic (exact) mass is 338 g/mol. The molecule has 0 aliphatic carbocycles. The molecule has 0 fully saturated rings. The van der Waals surface area contributed by atoms with E-state index in [-0.39, 0.29) is 30.1 Å². The smallest absolute Gasteiger partial charge is 0.340 e. The molecule has 0 radical (unpaired) electrons. The lowest BCUT2D eigenvalue weighted by Crippen LogP contribution is -2.12. The molecule has 0 atom stereocenters. The minimum atomic E-state index is -0.710. The predicted octanol–water partition coefficient (Wildman–Crippen LogP) is 4.15. The SMILES string of the molecule is C.C=C(C)C(=O)OC(=O)C(=C)C.C=C(C)C(C)=O.C=C(C)C(C)=O. The number of carbonyl (C=O) groups excluding carboxylic acids is 4. The van der Waals surface area contributed by atoms with E-state index in [2.05, 4.69) is 31.1 Å². The Kier molecular flexibility index (Phi) is 18.8. The van der Waals surface area contributed by atoms with E-state index in [1.807, 2.05) is 0 Å². The summed E-state index contributed by atoms with van der Waals surface area (Å²) in [6.45, 7) is 22.8. The maximum absolute atomic E-state index is 10.7. The van der Waals surface area contributed by atoms with Crippen molar-refractivity contribution in [1.29, 1.82) is 0 Å². The number of ketones is 2. The summed E-state index contributed by atoms with van der Waals surface area (Å²) in [6.07, 6.45) is 0. The zero-order valence-electron chi connectivity index (χ0n) is 14.9. The fourth-order valence-corrected chi connectivity index (χ4v) is 0.258. The average molecular weight is 338 g/mol. The molecule has 5 heteroatoms. The van der Waals surface area contributed by atoms with Gasteiger partial charge in [-0.1, -0.05) is 33.7 Å². The first-order chi connectivity index (χ1) is 10.2. The highest BCUT2D eigenvalue weighted by atomic mass is 16.6. The van der Waals surface area contributed by atoms with Gasteiger partial charge in [0.15, 0.2) is 11.6 Å². The first-order valence-corrected chi connectivity index (χ1v) is 6.64. The van der Waals surface area contributed by atoms with Gasteiger partial charge in [0, 0.05) is 11.1 Å². The molecular formula is C19H30O5. The Morgan fingerprint density at radius 1 is 0.542 bits per heavy atom. The number of hydrogen-bond donors (Lipinski definition) is 0. The number of rotatable bonds is 4. The molecule has 0 unspecified atom stereocenters. The van der Waals surface area contributed by atoms with Gasteiger partial charge < -0.3 is 4.74 Å². The molecule has 24 heavy (non-hydrogen) atoms. The van der Waals surface area contributed by atoms with Gasteiger partial charge in [-0.25, -0.2) is 9.59 Å². The van der Waals surface area contributed by atoms with Crippen LogP contribution in [0, 0.1) is 0 Å². The van der Waals surface area contributed by atoms with Crippen LogP contribution in [0.5, 0.6) is 0 Å². The van der Waals surface area contributed by atoms with Gasteiger partial charge in [0.1, 0.15) is 0 Å². The normalized spacial score (nSPS) is 7.75. The largest absolute Gasteiger partial charge is 0.386 e. The standard InChI is InChI=1S/C8H10O3.2C5H8O.CH4/c1-5(2)7(9)11-8(10)6(3)4;2*1-4(2)5(3)6;/h1,3H2,2,4H3;2*1H2,2-3H3;1H4. The Morgan fingerprint density at radius 2 is 0.708 bits per heavy atom. The summed E-state index contributed by atoms with van der Waals surface area (Å²) in [5, 5.41) is 0. The number of hydrogen-bond acceptors (Lipinski definition) is 5. The Bertz CT molecular complexity index is 464. The highest BCUT2D eigenvalue weighted by molar-refractivity contribution is 6.00. The number of Topliss-reactive ketones (excluding diaryl/α,β-unsaturated/α-hetero) is 2. The second-order valence-corrected chi connectivity index (χ2v) is 4.91. The second-order valence-electron chi connectivity index (χ2n) is 4.91. The molecule has 0 aromatic heterocycles. The van der Waals surface area contributed by atoms with Gasteiger partial charge in [0.25, 0.3) is 0 Å². The van der Waals surface area contributed by atoms with Crippen LogP contribution < -0.4 is 0 Å². The highest BCUT2D eigenvalue weighted by Crippen LogP contribution is 1.97. The van der Waals surface area contributed by atoms with E-state index in [9.17, 15) is 19.2 Å². The molecule has 0 heterocycles. The van der Waals surface area contributed by atoms with Gasteiger partial charge in [-0.3, -0.25) is 9.59 Å². The average Bonchev–Trinajstić information content (AvgIpc) is 2.39. The molecule has 0 saturated carbocycles. The molecule has 0 rings (SSSR count). The summed E-state index contributed by atoms with van der Waals surface area (Å²) in [6, 6.07) is 0. The lowest BCUT2D eigenvalue weighted by Gasteiger charge is -1.99. The van der Waals surface area contributed by atoms with Gasteiger partial charge in [-0.15, -0.1) is 0 Å². The Balaban J connectivity index is -0.000000132. The molecule has 0 N–H and O–H groups in total. The maximum Gasteiger partial charge on any atom is 0.340 e. The van der Waals surface area contributed by atoms with Crippen molar-refractivity contribution in [2.24, 2.45) is 0 Å². The molecule has 0 bridgehead atoms. The van der Waals surface area contributed by atoms with E-state index in [4.69, 9.17) is 0 Å². The van der Waals surface area contributed by atoms with E-state index in [0.29, 0.717) is 11.1 Å². The van der Waals surface area contributed by atoms with Gasteiger partial charge in [0.05, 0.1) is 0 Å². The Hall–Kier alpha value is -2.56. The van der Waals surface area contributed by atoms with E-state index in [0.717, 1.165) is 0 Å². The third-order valence-electron chi connectivity index (χ3n) is 2.08. The van der Waals surface area contributed by atoms with Gasteiger partial charge in [-0.05, 0) is 52.7 Å². The van der Waals surface area contributed by atoms with Gasteiger partial charge in [0.2, 0.25) is 0 Å². The molecule has 0 amide bonds. The summed E-state index contributed by atoms with van der Waals surface area (Å²) >= 11 is 0. The zero-order valence-corrected chi connectivity index (χ0v) is 14.9. The van der Waals surface area contributed by atoms with Crippen molar-refractivity contribution >= 4 is 23.5 Å². The van der Waals surface area contributed by atoms with Crippen molar-refractivity contribution < 1.29 is 23.9 Å². The summed E-state index contributed by atoms with van der Waals surface area (Å²) in [7, 11) is 0. The van der Waals surface area contributed by atoms with Crippen molar-refractivity contribution in [2.75, 3.05) is 0 Å². The zero-order chi connectivity index (χ0) is 19.3. The summed E-state index contributed by atoms with van der Waals surface area (Å²) in [5.74, 6) is -1.29. The molecule has 136 valence electrons. The molecule has 0 saturated heterocycles. The van der Waals surface area contributed by atoms with Crippen molar-refractivity contribution in [3.8, 4) is 0 Å². The van der Waals surface area contributed by atoms with Crippen LogP contribution in [0.2, 0.25) is 0 Å². The molecule has 5 nitrogen and oxygen atoms in total. The van der Waals surface area contributed by atoms with Crippen molar-refractivity contribution in [2.45, 2.75) is 49.0 Å². The van der Waals surface area contributed by atoms with Gasteiger partial charge in [-0.2, -0.15) is 0 Å². The van der Waals surface area contributed by atoms with Crippen LogP contribution >= 0.6 is 0 Å². The number of esters is 2. The maximum atomic E-state index is 10.7.